The topological polar surface area (TPSA) is 90.9 Å². The molecule has 2 aromatic carbocycles. The number of rotatable bonds is 6. The second kappa shape index (κ2) is 9.23. The van der Waals surface area contributed by atoms with Crippen molar-refractivity contribution in [3.63, 3.8) is 0 Å². The summed E-state index contributed by atoms with van der Waals surface area (Å²) >= 11 is 0. The zero-order chi connectivity index (χ0) is 21.6. The van der Waals surface area contributed by atoms with Crippen molar-refractivity contribution in [2.75, 3.05) is 20.8 Å². The maximum atomic E-state index is 12.3. The van der Waals surface area contributed by atoms with Gasteiger partial charge in [0, 0.05) is 5.56 Å². The third-order valence-corrected chi connectivity index (χ3v) is 4.23. The summed E-state index contributed by atoms with van der Waals surface area (Å²) in [6.07, 6.45) is 0. The summed E-state index contributed by atoms with van der Waals surface area (Å²) < 4.78 is 15.2. The molecule has 0 spiro atoms. The van der Waals surface area contributed by atoms with Crippen molar-refractivity contribution < 1.29 is 28.6 Å². The van der Waals surface area contributed by atoms with Crippen LogP contribution in [0.3, 0.4) is 0 Å². The molecule has 0 atom stereocenters. The van der Waals surface area contributed by atoms with E-state index < -0.39 is 24.4 Å². The van der Waals surface area contributed by atoms with E-state index in [1.807, 2.05) is 12.1 Å². The van der Waals surface area contributed by atoms with Crippen molar-refractivity contribution >= 4 is 17.8 Å². The van der Waals surface area contributed by atoms with Crippen LogP contribution in [0.1, 0.15) is 47.1 Å². The second-order valence-electron chi connectivity index (χ2n) is 7.35. The molecule has 2 amide bonds. The largest absolute Gasteiger partial charge is 0.497 e. The summed E-state index contributed by atoms with van der Waals surface area (Å²) in [6.45, 7) is 5.59. The highest BCUT2D eigenvalue weighted by Gasteiger charge is 2.19. The second-order valence-corrected chi connectivity index (χ2v) is 7.35. The van der Waals surface area contributed by atoms with Crippen LogP contribution in [0, 0.1) is 0 Å². The van der Waals surface area contributed by atoms with E-state index in [2.05, 4.69) is 26.1 Å². The lowest BCUT2D eigenvalue weighted by Gasteiger charge is -2.19. The van der Waals surface area contributed by atoms with E-state index in [0.717, 1.165) is 5.56 Å². The van der Waals surface area contributed by atoms with E-state index >= 15 is 0 Å². The lowest BCUT2D eigenvalue weighted by molar-refractivity contribution is -0.123. The molecule has 0 saturated carbocycles. The monoisotopic (exact) mass is 399 g/mol. The number of carbonyl (C=O) groups is 3. The van der Waals surface area contributed by atoms with Gasteiger partial charge < -0.3 is 14.2 Å². The van der Waals surface area contributed by atoms with Gasteiger partial charge in [-0.25, -0.2) is 4.79 Å². The highest BCUT2D eigenvalue weighted by Crippen LogP contribution is 2.25. The summed E-state index contributed by atoms with van der Waals surface area (Å²) in [5.41, 5.74) is 1.48. The number of ether oxygens (including phenoxy) is 3. The third-order valence-electron chi connectivity index (χ3n) is 4.23. The van der Waals surface area contributed by atoms with Crippen molar-refractivity contribution in [3.05, 3.63) is 59.2 Å². The zero-order valence-corrected chi connectivity index (χ0v) is 17.2. The van der Waals surface area contributed by atoms with Crippen LogP contribution in [0.25, 0.3) is 0 Å². The maximum absolute atomic E-state index is 12.3. The number of carbonyl (C=O) groups excluding carboxylic acids is 3. The van der Waals surface area contributed by atoms with Crippen LogP contribution in [0.15, 0.2) is 42.5 Å². The molecule has 2 rings (SSSR count). The van der Waals surface area contributed by atoms with Gasteiger partial charge in [0.2, 0.25) is 0 Å². The van der Waals surface area contributed by atoms with Gasteiger partial charge >= 0.3 is 5.97 Å². The number of benzene rings is 2. The molecule has 0 fully saturated rings. The Balaban J connectivity index is 1.96. The summed E-state index contributed by atoms with van der Waals surface area (Å²) in [4.78, 5) is 36.5. The van der Waals surface area contributed by atoms with E-state index in [4.69, 9.17) is 14.2 Å². The van der Waals surface area contributed by atoms with E-state index in [1.165, 1.54) is 20.3 Å². The van der Waals surface area contributed by atoms with Crippen molar-refractivity contribution in [2.24, 2.45) is 0 Å². The minimum atomic E-state index is -0.766. The highest BCUT2D eigenvalue weighted by atomic mass is 16.5. The number of nitrogens with one attached hydrogen (secondary N) is 1. The minimum Gasteiger partial charge on any atom is -0.497 e. The van der Waals surface area contributed by atoms with Crippen LogP contribution in [-0.2, 0) is 14.9 Å². The number of methoxy groups -OCH3 is 2. The number of esters is 1. The van der Waals surface area contributed by atoms with Gasteiger partial charge in [0.15, 0.2) is 6.61 Å². The Morgan fingerprint density at radius 2 is 1.59 bits per heavy atom. The Labute approximate surface area is 170 Å². The van der Waals surface area contributed by atoms with Gasteiger partial charge in [-0.2, -0.15) is 0 Å². The molecule has 154 valence electrons. The molecular weight excluding hydrogens is 374 g/mol. The molecular formula is C22H25NO6. The van der Waals surface area contributed by atoms with Gasteiger partial charge in [-0.05, 0) is 41.3 Å². The first-order chi connectivity index (χ1) is 13.7. The van der Waals surface area contributed by atoms with Crippen molar-refractivity contribution in [2.45, 2.75) is 26.2 Å². The Bertz CT molecular complexity index is 897. The molecule has 0 saturated heterocycles. The molecule has 0 aromatic heterocycles. The molecule has 1 N–H and O–H groups in total. The van der Waals surface area contributed by atoms with Crippen LogP contribution >= 0.6 is 0 Å². The Kier molecular flexibility index (Phi) is 6.98. The predicted molar refractivity (Wildman–Crippen MR) is 107 cm³/mol. The van der Waals surface area contributed by atoms with Gasteiger partial charge in [0.25, 0.3) is 11.8 Å². The molecule has 7 heteroatoms. The van der Waals surface area contributed by atoms with Crippen LogP contribution in [0.4, 0.5) is 0 Å². The molecule has 7 nitrogen and oxygen atoms in total. The summed E-state index contributed by atoms with van der Waals surface area (Å²) in [7, 11) is 2.87. The van der Waals surface area contributed by atoms with Gasteiger partial charge in [-0.1, -0.05) is 32.9 Å². The van der Waals surface area contributed by atoms with Gasteiger partial charge in [-0.3, -0.25) is 14.9 Å². The van der Waals surface area contributed by atoms with E-state index in [1.54, 1.807) is 24.3 Å². The summed E-state index contributed by atoms with van der Waals surface area (Å²) in [5.74, 6) is -1.34. The van der Waals surface area contributed by atoms with Gasteiger partial charge in [0.05, 0.1) is 14.2 Å². The van der Waals surface area contributed by atoms with Crippen LogP contribution in [0.2, 0.25) is 0 Å². The normalized spacial score (nSPS) is 10.8. The lowest BCUT2D eigenvalue weighted by Crippen LogP contribution is -2.34. The third kappa shape index (κ3) is 5.81. The molecule has 0 radical (unpaired) electrons. The average molecular weight is 399 g/mol. The van der Waals surface area contributed by atoms with Gasteiger partial charge in [-0.15, -0.1) is 0 Å². The maximum Gasteiger partial charge on any atom is 0.342 e. The van der Waals surface area contributed by atoms with Crippen molar-refractivity contribution in [3.8, 4) is 11.5 Å². The quantitative estimate of drug-likeness (QED) is 0.751. The fourth-order valence-corrected chi connectivity index (χ4v) is 2.54. The fourth-order valence-electron chi connectivity index (χ4n) is 2.54. The predicted octanol–water partition coefficient (Wildman–Crippen LogP) is 3.11. The molecule has 0 unspecified atom stereocenters. The molecule has 29 heavy (non-hydrogen) atoms. The summed E-state index contributed by atoms with van der Waals surface area (Å²) in [6, 6.07) is 11.6. The SMILES string of the molecule is COc1ccc(OC)c(C(=O)OCC(=O)NC(=O)c2ccc(C(C)(C)C)cc2)c1. The Morgan fingerprint density at radius 3 is 2.14 bits per heavy atom. The lowest BCUT2D eigenvalue weighted by atomic mass is 9.87. The standard InChI is InChI=1S/C22H25NO6/c1-22(2,3)15-8-6-14(7-9-15)20(25)23-19(24)13-29-21(26)17-12-16(27-4)10-11-18(17)28-5/h6-12H,13H2,1-5H3,(H,23,24,25). The number of imide groups is 1. The van der Waals surface area contributed by atoms with E-state index in [9.17, 15) is 14.4 Å². The summed E-state index contributed by atoms with van der Waals surface area (Å²) in [5, 5.41) is 2.20. The number of hydrogen-bond acceptors (Lipinski definition) is 6. The Hall–Kier alpha value is -3.35. The smallest absolute Gasteiger partial charge is 0.342 e. The highest BCUT2D eigenvalue weighted by molar-refractivity contribution is 6.05. The number of amides is 2. The van der Waals surface area contributed by atoms with Crippen molar-refractivity contribution in [1.29, 1.82) is 0 Å². The first-order valence-corrected chi connectivity index (χ1v) is 8.99. The molecule has 0 aliphatic rings. The van der Waals surface area contributed by atoms with Crippen molar-refractivity contribution in [1.82, 2.24) is 5.32 Å². The first kappa shape index (κ1) is 21.9. The molecule has 0 heterocycles. The molecule has 0 aliphatic heterocycles. The van der Waals surface area contributed by atoms with Crippen LogP contribution in [-0.4, -0.2) is 38.6 Å². The fraction of sp³-hybridized carbons (Fsp3) is 0.318. The van der Waals surface area contributed by atoms with E-state index in [0.29, 0.717) is 11.3 Å². The Morgan fingerprint density at radius 1 is 0.931 bits per heavy atom. The van der Waals surface area contributed by atoms with Gasteiger partial charge in [0.1, 0.15) is 17.1 Å². The average Bonchev–Trinajstić information content (AvgIpc) is 2.70. The van der Waals surface area contributed by atoms with E-state index in [-0.39, 0.29) is 16.7 Å². The van der Waals surface area contributed by atoms with Crippen LogP contribution in [0.5, 0.6) is 11.5 Å². The number of hydrogen-bond donors (Lipinski definition) is 1. The molecule has 0 aliphatic carbocycles. The van der Waals surface area contributed by atoms with Crippen LogP contribution < -0.4 is 14.8 Å². The molecule has 0 bridgehead atoms. The zero-order valence-electron chi connectivity index (χ0n) is 17.2. The molecule has 2 aromatic rings. The first-order valence-electron chi connectivity index (χ1n) is 8.99. The minimum absolute atomic E-state index is 0.0415.